The van der Waals surface area contributed by atoms with Crippen molar-refractivity contribution >= 4 is 11.0 Å². The molecule has 0 fully saturated rings. The van der Waals surface area contributed by atoms with E-state index in [-0.39, 0.29) is 0 Å². The zero-order valence-corrected chi connectivity index (χ0v) is 11.1. The Morgan fingerprint density at radius 2 is 1.95 bits per heavy atom. The number of para-hydroxylation sites is 1. The fourth-order valence-corrected chi connectivity index (χ4v) is 2.35. The van der Waals surface area contributed by atoms with E-state index in [1.807, 2.05) is 55.6 Å². The summed E-state index contributed by atoms with van der Waals surface area (Å²) in [7, 11) is 2.00. The minimum atomic E-state index is 0.319. The Morgan fingerprint density at radius 3 is 2.70 bits per heavy atom. The highest BCUT2D eigenvalue weighted by molar-refractivity contribution is 5.83. The third-order valence-corrected chi connectivity index (χ3v) is 3.33. The number of fused-ring (bicyclic) bond motifs is 1. The van der Waals surface area contributed by atoms with Gasteiger partial charge >= 0.3 is 0 Å². The predicted octanol–water partition coefficient (Wildman–Crippen LogP) is 4.05. The Balaban J connectivity index is 2.21. The minimum Gasteiger partial charge on any atom is -0.327 e. The monoisotopic (exact) mass is 263 g/mol. The lowest BCUT2D eigenvalue weighted by atomic mass is 10.2. The molecule has 0 atom stereocenters. The molecule has 98 valence electrons. The van der Waals surface area contributed by atoms with Gasteiger partial charge < -0.3 is 4.57 Å². The highest BCUT2D eigenvalue weighted by Crippen LogP contribution is 2.25. The van der Waals surface area contributed by atoms with Crippen molar-refractivity contribution < 1.29 is 0 Å². The molecule has 0 N–H and O–H groups in total. The summed E-state index contributed by atoms with van der Waals surface area (Å²) < 4.78 is 2.06. The van der Waals surface area contributed by atoms with Crippen LogP contribution in [0.4, 0.5) is 0 Å². The van der Waals surface area contributed by atoms with Crippen molar-refractivity contribution in [2.24, 2.45) is 12.2 Å². The molecule has 0 bridgehead atoms. The molecule has 0 aliphatic carbocycles. The molecular formula is C15H13N5. The summed E-state index contributed by atoms with van der Waals surface area (Å²) in [6.45, 7) is 0.319. The molecule has 1 aromatic heterocycles. The van der Waals surface area contributed by atoms with Crippen molar-refractivity contribution in [2.75, 3.05) is 0 Å². The lowest BCUT2D eigenvalue weighted by Gasteiger charge is -2.01. The van der Waals surface area contributed by atoms with Crippen LogP contribution in [0.1, 0.15) is 5.56 Å². The Morgan fingerprint density at radius 1 is 1.15 bits per heavy atom. The standard InChI is InChI=1S/C15H13N5/c1-20-13-9-5-8-12(10-17-19-16)14(13)18-15(20)11-6-3-2-4-7-11/h2-9H,10H2,1H3. The first kappa shape index (κ1) is 12.3. The molecule has 0 spiro atoms. The van der Waals surface area contributed by atoms with E-state index in [9.17, 15) is 0 Å². The lowest BCUT2D eigenvalue weighted by Crippen LogP contribution is -1.91. The number of rotatable bonds is 3. The van der Waals surface area contributed by atoms with Gasteiger partial charge in [0.05, 0.1) is 17.6 Å². The number of hydrogen-bond donors (Lipinski definition) is 0. The van der Waals surface area contributed by atoms with E-state index in [0.717, 1.165) is 28.0 Å². The molecule has 0 saturated carbocycles. The second-order valence-electron chi connectivity index (χ2n) is 4.53. The van der Waals surface area contributed by atoms with Crippen LogP contribution in [-0.4, -0.2) is 9.55 Å². The predicted molar refractivity (Wildman–Crippen MR) is 79.0 cm³/mol. The first-order valence-corrected chi connectivity index (χ1v) is 6.32. The van der Waals surface area contributed by atoms with Crippen LogP contribution >= 0.6 is 0 Å². The van der Waals surface area contributed by atoms with Gasteiger partial charge in [0.1, 0.15) is 5.82 Å². The third-order valence-electron chi connectivity index (χ3n) is 3.33. The Hall–Kier alpha value is -2.78. The van der Waals surface area contributed by atoms with Gasteiger partial charge in [-0.05, 0) is 17.2 Å². The topological polar surface area (TPSA) is 66.6 Å². The van der Waals surface area contributed by atoms with Crippen molar-refractivity contribution in [3.05, 3.63) is 64.5 Å². The largest absolute Gasteiger partial charge is 0.327 e. The maximum atomic E-state index is 8.47. The molecule has 0 radical (unpaired) electrons. The number of nitrogens with zero attached hydrogens (tertiary/aromatic N) is 5. The van der Waals surface area contributed by atoms with E-state index < -0.39 is 0 Å². The van der Waals surface area contributed by atoms with E-state index in [4.69, 9.17) is 10.5 Å². The molecule has 5 nitrogen and oxygen atoms in total. The fraction of sp³-hybridized carbons (Fsp3) is 0.133. The average Bonchev–Trinajstić information content (AvgIpc) is 2.84. The average molecular weight is 263 g/mol. The molecule has 5 heteroatoms. The minimum absolute atomic E-state index is 0.319. The van der Waals surface area contributed by atoms with Crippen molar-refractivity contribution in [1.29, 1.82) is 0 Å². The number of azide groups is 1. The number of aryl methyl sites for hydroxylation is 1. The molecule has 0 saturated heterocycles. The maximum Gasteiger partial charge on any atom is 0.140 e. The first-order chi connectivity index (χ1) is 9.81. The van der Waals surface area contributed by atoms with E-state index in [1.165, 1.54) is 0 Å². The normalized spacial score (nSPS) is 10.4. The number of imidazole rings is 1. The van der Waals surface area contributed by atoms with Gasteiger partial charge in [0.2, 0.25) is 0 Å². The summed E-state index contributed by atoms with van der Waals surface area (Å²) in [5, 5.41) is 3.64. The number of aromatic nitrogens is 2. The molecule has 0 unspecified atom stereocenters. The van der Waals surface area contributed by atoms with Gasteiger partial charge in [0.25, 0.3) is 0 Å². The van der Waals surface area contributed by atoms with Gasteiger partial charge in [0.15, 0.2) is 0 Å². The van der Waals surface area contributed by atoms with Crippen molar-refractivity contribution in [3.8, 4) is 11.4 Å². The molecule has 0 aliphatic heterocycles. The van der Waals surface area contributed by atoms with Crippen LogP contribution in [0.25, 0.3) is 32.9 Å². The maximum absolute atomic E-state index is 8.47. The Kier molecular flexibility index (Phi) is 3.11. The third kappa shape index (κ3) is 2.00. The van der Waals surface area contributed by atoms with Crippen LogP contribution in [0, 0.1) is 0 Å². The van der Waals surface area contributed by atoms with Crippen LogP contribution in [0.15, 0.2) is 53.6 Å². The van der Waals surface area contributed by atoms with Crippen LogP contribution in [-0.2, 0) is 13.6 Å². The SMILES string of the molecule is Cn1c(-c2ccccc2)nc2c(CN=[N+]=[N-])cccc21. The summed E-state index contributed by atoms with van der Waals surface area (Å²) in [5.41, 5.74) is 12.4. The molecule has 3 aromatic rings. The molecule has 2 aromatic carbocycles. The van der Waals surface area contributed by atoms with E-state index in [1.54, 1.807) is 0 Å². The molecule has 3 rings (SSSR count). The summed E-state index contributed by atoms with van der Waals surface area (Å²) in [6.07, 6.45) is 0. The van der Waals surface area contributed by atoms with Crippen molar-refractivity contribution in [2.45, 2.75) is 6.54 Å². The summed E-state index contributed by atoms with van der Waals surface area (Å²) >= 11 is 0. The van der Waals surface area contributed by atoms with Gasteiger partial charge in [-0.25, -0.2) is 4.98 Å². The highest BCUT2D eigenvalue weighted by Gasteiger charge is 2.11. The number of benzene rings is 2. The molecular weight excluding hydrogens is 250 g/mol. The van der Waals surface area contributed by atoms with Crippen LogP contribution in [0.2, 0.25) is 0 Å². The quantitative estimate of drug-likeness (QED) is 0.399. The van der Waals surface area contributed by atoms with Crippen LogP contribution in [0.3, 0.4) is 0 Å². The van der Waals surface area contributed by atoms with Crippen LogP contribution in [0.5, 0.6) is 0 Å². The Bertz CT molecular complexity index is 798. The van der Waals surface area contributed by atoms with Crippen LogP contribution < -0.4 is 0 Å². The first-order valence-electron chi connectivity index (χ1n) is 6.32. The smallest absolute Gasteiger partial charge is 0.140 e. The summed E-state index contributed by atoms with van der Waals surface area (Å²) in [6, 6.07) is 16.0. The van der Waals surface area contributed by atoms with Gasteiger partial charge in [0, 0.05) is 17.5 Å². The van der Waals surface area contributed by atoms with Crippen molar-refractivity contribution in [1.82, 2.24) is 9.55 Å². The zero-order chi connectivity index (χ0) is 13.9. The van der Waals surface area contributed by atoms with Gasteiger partial charge in [-0.1, -0.05) is 47.6 Å². The summed E-state index contributed by atoms with van der Waals surface area (Å²) in [4.78, 5) is 7.53. The van der Waals surface area contributed by atoms with Gasteiger partial charge in [-0.15, -0.1) is 0 Å². The second-order valence-corrected chi connectivity index (χ2v) is 4.53. The van der Waals surface area contributed by atoms with Gasteiger partial charge in [-0.3, -0.25) is 0 Å². The van der Waals surface area contributed by atoms with E-state index >= 15 is 0 Å². The molecule has 0 amide bonds. The number of hydrogen-bond acceptors (Lipinski definition) is 2. The van der Waals surface area contributed by atoms with E-state index in [2.05, 4.69) is 14.6 Å². The Labute approximate surface area is 116 Å². The van der Waals surface area contributed by atoms with Gasteiger partial charge in [-0.2, -0.15) is 0 Å². The lowest BCUT2D eigenvalue weighted by molar-refractivity contribution is 0.959. The second kappa shape index (κ2) is 5.07. The fourth-order valence-electron chi connectivity index (χ4n) is 2.35. The molecule has 20 heavy (non-hydrogen) atoms. The van der Waals surface area contributed by atoms with Crippen molar-refractivity contribution in [3.63, 3.8) is 0 Å². The highest BCUT2D eigenvalue weighted by atomic mass is 15.1. The molecule has 0 aliphatic rings. The zero-order valence-electron chi connectivity index (χ0n) is 11.1. The molecule has 1 heterocycles. The van der Waals surface area contributed by atoms with E-state index in [0.29, 0.717) is 6.54 Å². The summed E-state index contributed by atoms with van der Waals surface area (Å²) in [5.74, 6) is 0.911.